The first-order valence-corrected chi connectivity index (χ1v) is 11.6. The summed E-state index contributed by atoms with van der Waals surface area (Å²) in [4.78, 5) is 29.2. The summed E-state index contributed by atoms with van der Waals surface area (Å²) in [6.07, 6.45) is 11.4. The number of nitrogens with zero attached hydrogens (tertiary/aromatic N) is 5. The molecule has 4 heterocycles. The highest BCUT2D eigenvalue weighted by atomic mass is 16.5. The van der Waals surface area contributed by atoms with Gasteiger partial charge >= 0.3 is 0 Å². The van der Waals surface area contributed by atoms with Gasteiger partial charge in [0.05, 0.1) is 17.4 Å². The molecule has 7 nitrogen and oxygen atoms in total. The minimum Gasteiger partial charge on any atom is -0.361 e. The van der Waals surface area contributed by atoms with Gasteiger partial charge in [0.1, 0.15) is 11.6 Å². The predicted octanol–water partition coefficient (Wildman–Crippen LogP) is 4.78. The molecule has 1 fully saturated rings. The van der Waals surface area contributed by atoms with E-state index < -0.39 is 0 Å². The molecular weight excluding hydrogens is 402 g/mol. The number of carbonyl (C=O) groups excluding carboxylic acids is 1. The highest BCUT2D eigenvalue weighted by Gasteiger charge is 2.31. The van der Waals surface area contributed by atoms with Crippen LogP contribution in [-0.2, 0) is 17.6 Å². The SMILES string of the molecule is CCCc1ncc(-c2ccncc2)c([C@@H]2CCCCN2C(=O)CCc2c(C)noc2C)n1. The van der Waals surface area contributed by atoms with Crippen molar-refractivity contribution in [2.75, 3.05) is 6.54 Å². The average Bonchev–Trinajstić information content (AvgIpc) is 3.15. The van der Waals surface area contributed by atoms with Crippen LogP contribution in [0.25, 0.3) is 11.1 Å². The number of aryl methyl sites for hydroxylation is 3. The van der Waals surface area contributed by atoms with E-state index in [2.05, 4.69) is 22.0 Å². The Hall–Kier alpha value is -3.09. The molecule has 1 aliphatic heterocycles. The fourth-order valence-electron chi connectivity index (χ4n) is 4.53. The van der Waals surface area contributed by atoms with Crippen LogP contribution in [0.15, 0.2) is 35.2 Å². The van der Waals surface area contributed by atoms with Crippen molar-refractivity contribution in [3.63, 3.8) is 0 Å². The molecular formula is C25H31N5O2. The second-order valence-corrected chi connectivity index (χ2v) is 8.47. The Morgan fingerprint density at radius 2 is 2.00 bits per heavy atom. The summed E-state index contributed by atoms with van der Waals surface area (Å²) >= 11 is 0. The highest BCUT2D eigenvalue weighted by molar-refractivity contribution is 5.78. The molecule has 3 aromatic heterocycles. The number of rotatable bonds is 7. The van der Waals surface area contributed by atoms with Gasteiger partial charge in [0.15, 0.2) is 0 Å². The van der Waals surface area contributed by atoms with E-state index in [9.17, 15) is 4.79 Å². The molecule has 1 amide bonds. The van der Waals surface area contributed by atoms with Crippen LogP contribution < -0.4 is 0 Å². The first-order chi connectivity index (χ1) is 15.6. The third kappa shape index (κ3) is 4.71. The lowest BCUT2D eigenvalue weighted by molar-refractivity contribution is -0.135. The molecule has 0 bridgehead atoms. The average molecular weight is 434 g/mol. The normalized spacial score (nSPS) is 16.3. The lowest BCUT2D eigenvalue weighted by atomic mass is 9.93. The second kappa shape index (κ2) is 10.0. The number of amides is 1. The van der Waals surface area contributed by atoms with Gasteiger partial charge in [0, 0.05) is 49.1 Å². The van der Waals surface area contributed by atoms with Crippen molar-refractivity contribution in [2.45, 2.75) is 71.8 Å². The van der Waals surface area contributed by atoms with Gasteiger partial charge in [-0.25, -0.2) is 9.97 Å². The summed E-state index contributed by atoms with van der Waals surface area (Å²) in [5.41, 5.74) is 4.89. The largest absolute Gasteiger partial charge is 0.361 e. The first kappa shape index (κ1) is 22.1. The quantitative estimate of drug-likeness (QED) is 0.533. The Morgan fingerprint density at radius 1 is 1.19 bits per heavy atom. The fourth-order valence-corrected chi connectivity index (χ4v) is 4.53. The number of hydrogen-bond acceptors (Lipinski definition) is 6. The molecule has 3 aromatic rings. The maximum Gasteiger partial charge on any atom is 0.223 e. The summed E-state index contributed by atoms with van der Waals surface area (Å²) in [7, 11) is 0. The van der Waals surface area contributed by atoms with Crippen LogP contribution in [-0.4, -0.2) is 37.5 Å². The lowest BCUT2D eigenvalue weighted by Crippen LogP contribution is -2.39. The Labute approximate surface area is 189 Å². The topological polar surface area (TPSA) is 85.0 Å². The predicted molar refractivity (Wildman–Crippen MR) is 122 cm³/mol. The molecule has 168 valence electrons. The van der Waals surface area contributed by atoms with Crippen molar-refractivity contribution in [2.24, 2.45) is 0 Å². The van der Waals surface area contributed by atoms with Gasteiger partial charge in [-0.2, -0.15) is 0 Å². The fraction of sp³-hybridized carbons (Fsp3) is 0.480. The smallest absolute Gasteiger partial charge is 0.223 e. The van der Waals surface area contributed by atoms with Crippen LogP contribution in [0.4, 0.5) is 0 Å². The van der Waals surface area contributed by atoms with Crippen molar-refractivity contribution in [1.29, 1.82) is 0 Å². The Balaban J connectivity index is 1.64. The molecule has 0 aromatic carbocycles. The van der Waals surface area contributed by atoms with E-state index in [1.165, 1.54) is 0 Å². The van der Waals surface area contributed by atoms with Crippen LogP contribution in [0.2, 0.25) is 0 Å². The Bertz CT molecular complexity index is 1040. The van der Waals surface area contributed by atoms with Crippen LogP contribution in [0.5, 0.6) is 0 Å². The van der Waals surface area contributed by atoms with Crippen LogP contribution in [0.1, 0.15) is 73.6 Å². The molecule has 0 saturated carbocycles. The van der Waals surface area contributed by atoms with E-state index in [-0.39, 0.29) is 11.9 Å². The number of hydrogen-bond donors (Lipinski definition) is 0. The number of likely N-dealkylation sites (tertiary alicyclic amines) is 1. The number of piperidine rings is 1. The highest BCUT2D eigenvalue weighted by Crippen LogP contribution is 2.36. The van der Waals surface area contributed by atoms with Crippen LogP contribution in [0.3, 0.4) is 0 Å². The van der Waals surface area contributed by atoms with E-state index in [4.69, 9.17) is 9.51 Å². The molecule has 0 N–H and O–H groups in total. The summed E-state index contributed by atoms with van der Waals surface area (Å²) < 4.78 is 5.27. The molecule has 4 rings (SSSR count). The Kier molecular flexibility index (Phi) is 6.93. The zero-order valence-electron chi connectivity index (χ0n) is 19.2. The summed E-state index contributed by atoms with van der Waals surface area (Å²) in [6, 6.07) is 3.92. The van der Waals surface area contributed by atoms with Crippen LogP contribution >= 0.6 is 0 Å². The molecule has 0 aliphatic carbocycles. The lowest BCUT2D eigenvalue weighted by Gasteiger charge is -2.36. The van der Waals surface area contributed by atoms with Crippen LogP contribution in [0, 0.1) is 13.8 Å². The number of pyridine rings is 1. The van der Waals surface area contributed by atoms with E-state index >= 15 is 0 Å². The third-order valence-corrected chi connectivity index (χ3v) is 6.24. The summed E-state index contributed by atoms with van der Waals surface area (Å²) in [5.74, 6) is 1.80. The number of aromatic nitrogens is 4. The standard InChI is InChI=1S/C25H31N5O2/c1-4-7-23-27-16-21(19-11-13-26-14-12-19)25(28-23)22-8-5-6-15-30(22)24(31)10-9-20-17(2)29-32-18(20)3/h11-14,16,22H,4-10,15H2,1-3H3/t22-/m0/s1. The third-order valence-electron chi connectivity index (χ3n) is 6.24. The first-order valence-electron chi connectivity index (χ1n) is 11.6. The van der Waals surface area contributed by atoms with Crippen molar-refractivity contribution in [1.82, 2.24) is 25.0 Å². The molecule has 1 aliphatic rings. The molecule has 1 atom stereocenters. The molecule has 0 radical (unpaired) electrons. The summed E-state index contributed by atoms with van der Waals surface area (Å²) in [6.45, 7) is 6.72. The zero-order chi connectivity index (χ0) is 22.5. The maximum absolute atomic E-state index is 13.4. The monoisotopic (exact) mass is 433 g/mol. The number of carbonyl (C=O) groups is 1. The van der Waals surface area contributed by atoms with E-state index in [1.54, 1.807) is 12.4 Å². The maximum atomic E-state index is 13.4. The molecule has 32 heavy (non-hydrogen) atoms. The van der Waals surface area contributed by atoms with Gasteiger partial charge < -0.3 is 9.42 Å². The van der Waals surface area contributed by atoms with Gasteiger partial charge in [-0.15, -0.1) is 0 Å². The van der Waals surface area contributed by atoms with Crippen molar-refractivity contribution in [3.8, 4) is 11.1 Å². The van der Waals surface area contributed by atoms with E-state index in [0.717, 1.165) is 78.3 Å². The van der Waals surface area contributed by atoms with Crippen molar-refractivity contribution in [3.05, 3.63) is 59.3 Å². The van der Waals surface area contributed by atoms with Gasteiger partial charge in [0.25, 0.3) is 0 Å². The van der Waals surface area contributed by atoms with Gasteiger partial charge in [-0.05, 0) is 63.6 Å². The second-order valence-electron chi connectivity index (χ2n) is 8.47. The molecule has 7 heteroatoms. The minimum absolute atomic E-state index is 0.0392. The summed E-state index contributed by atoms with van der Waals surface area (Å²) in [5, 5.41) is 4.02. The van der Waals surface area contributed by atoms with Gasteiger partial charge in [-0.3, -0.25) is 9.78 Å². The van der Waals surface area contributed by atoms with Crippen molar-refractivity contribution >= 4 is 5.91 Å². The van der Waals surface area contributed by atoms with Crippen molar-refractivity contribution < 1.29 is 9.32 Å². The van der Waals surface area contributed by atoms with Gasteiger partial charge in [-0.1, -0.05) is 12.1 Å². The van der Waals surface area contributed by atoms with Gasteiger partial charge in [0.2, 0.25) is 5.91 Å². The molecule has 1 saturated heterocycles. The zero-order valence-corrected chi connectivity index (χ0v) is 19.2. The molecule has 0 spiro atoms. The Morgan fingerprint density at radius 3 is 2.72 bits per heavy atom. The molecule has 0 unspecified atom stereocenters. The minimum atomic E-state index is -0.0392. The van der Waals surface area contributed by atoms with E-state index in [0.29, 0.717) is 12.8 Å². The van der Waals surface area contributed by atoms with E-state index in [1.807, 2.05) is 37.1 Å².